The molecule has 0 radical (unpaired) electrons. The van der Waals surface area contributed by atoms with Crippen molar-refractivity contribution in [3.63, 3.8) is 0 Å². The van der Waals surface area contributed by atoms with Crippen LogP contribution in [0.15, 0.2) is 48.5 Å². The third-order valence-corrected chi connectivity index (χ3v) is 2.93. The quantitative estimate of drug-likeness (QED) is 0.821. The van der Waals surface area contributed by atoms with Gasteiger partial charge < -0.3 is 4.90 Å². The number of carbonyl (C=O) groups excluding carboxylic acids is 1. The second-order valence-electron chi connectivity index (χ2n) is 4.40. The first kappa shape index (κ1) is 12.8. The molecule has 0 unspecified atom stereocenters. The lowest BCUT2D eigenvalue weighted by Crippen LogP contribution is -2.26. The summed E-state index contributed by atoms with van der Waals surface area (Å²) >= 11 is 0. The molecule has 0 aromatic heterocycles. The molecular formula is C16H14N2O. The maximum atomic E-state index is 12.3. The van der Waals surface area contributed by atoms with Gasteiger partial charge >= 0.3 is 0 Å². The van der Waals surface area contributed by atoms with E-state index in [0.29, 0.717) is 11.1 Å². The number of nitrogens with zero attached hydrogens (tertiary/aromatic N) is 2. The molecule has 0 bridgehead atoms. The minimum atomic E-state index is -0.122. The van der Waals surface area contributed by atoms with Crippen molar-refractivity contribution in [2.24, 2.45) is 0 Å². The maximum absolute atomic E-state index is 12.3. The Balaban J connectivity index is 2.31. The summed E-state index contributed by atoms with van der Waals surface area (Å²) in [7, 11) is 1.73. The molecule has 3 nitrogen and oxygen atoms in total. The van der Waals surface area contributed by atoms with Crippen LogP contribution in [0.25, 0.3) is 0 Å². The van der Waals surface area contributed by atoms with Crippen LogP contribution in [0.4, 0.5) is 5.69 Å². The number of nitriles is 1. The average Bonchev–Trinajstić information content (AvgIpc) is 2.45. The molecule has 0 saturated carbocycles. The first-order valence-corrected chi connectivity index (χ1v) is 5.96. The highest BCUT2D eigenvalue weighted by molar-refractivity contribution is 6.05. The van der Waals surface area contributed by atoms with Crippen LogP contribution >= 0.6 is 0 Å². The van der Waals surface area contributed by atoms with Gasteiger partial charge in [-0.3, -0.25) is 4.79 Å². The SMILES string of the molecule is Cc1cccc(N(C)C(=O)c2cccc(C#N)c2)c1. The summed E-state index contributed by atoms with van der Waals surface area (Å²) in [5.41, 5.74) is 2.95. The molecule has 0 heterocycles. The number of anilines is 1. The van der Waals surface area contributed by atoms with Gasteiger partial charge in [-0.05, 0) is 42.8 Å². The van der Waals surface area contributed by atoms with Gasteiger partial charge in [-0.1, -0.05) is 18.2 Å². The Kier molecular flexibility index (Phi) is 3.63. The number of benzene rings is 2. The van der Waals surface area contributed by atoms with E-state index >= 15 is 0 Å². The Morgan fingerprint density at radius 3 is 2.58 bits per heavy atom. The fourth-order valence-electron chi connectivity index (χ4n) is 1.87. The van der Waals surface area contributed by atoms with E-state index < -0.39 is 0 Å². The van der Waals surface area contributed by atoms with Gasteiger partial charge in [-0.2, -0.15) is 5.26 Å². The summed E-state index contributed by atoms with van der Waals surface area (Å²) in [6, 6.07) is 16.5. The van der Waals surface area contributed by atoms with Crippen LogP contribution < -0.4 is 4.90 Å². The number of carbonyl (C=O) groups is 1. The van der Waals surface area contributed by atoms with E-state index in [4.69, 9.17) is 5.26 Å². The Bertz CT molecular complexity index is 656. The second-order valence-corrected chi connectivity index (χ2v) is 4.40. The molecule has 0 atom stereocenters. The molecule has 19 heavy (non-hydrogen) atoms. The molecule has 0 saturated heterocycles. The van der Waals surface area contributed by atoms with Crippen molar-refractivity contribution in [3.8, 4) is 6.07 Å². The van der Waals surface area contributed by atoms with E-state index in [9.17, 15) is 4.79 Å². The van der Waals surface area contributed by atoms with Crippen molar-refractivity contribution < 1.29 is 4.79 Å². The normalized spacial score (nSPS) is 9.74. The second kappa shape index (κ2) is 5.36. The fourth-order valence-corrected chi connectivity index (χ4v) is 1.87. The Hall–Kier alpha value is -2.60. The van der Waals surface area contributed by atoms with Crippen molar-refractivity contribution >= 4 is 11.6 Å². The largest absolute Gasteiger partial charge is 0.311 e. The van der Waals surface area contributed by atoms with Crippen molar-refractivity contribution in [2.75, 3.05) is 11.9 Å². The zero-order valence-corrected chi connectivity index (χ0v) is 10.9. The zero-order valence-electron chi connectivity index (χ0n) is 10.9. The van der Waals surface area contributed by atoms with Crippen LogP contribution in [0, 0.1) is 18.3 Å². The van der Waals surface area contributed by atoms with Crippen LogP contribution in [0.5, 0.6) is 0 Å². The van der Waals surface area contributed by atoms with Crippen molar-refractivity contribution in [2.45, 2.75) is 6.92 Å². The third-order valence-electron chi connectivity index (χ3n) is 2.93. The molecular weight excluding hydrogens is 236 g/mol. The van der Waals surface area contributed by atoms with Crippen LogP contribution in [0.2, 0.25) is 0 Å². The van der Waals surface area contributed by atoms with Gasteiger partial charge in [0.15, 0.2) is 0 Å². The predicted molar refractivity (Wildman–Crippen MR) is 75.1 cm³/mol. The molecule has 0 aliphatic carbocycles. The minimum absolute atomic E-state index is 0.122. The number of rotatable bonds is 2. The average molecular weight is 250 g/mol. The molecule has 1 amide bonds. The molecule has 3 heteroatoms. The van der Waals surface area contributed by atoms with Gasteiger partial charge in [-0.25, -0.2) is 0 Å². The van der Waals surface area contributed by atoms with E-state index in [1.165, 1.54) is 0 Å². The van der Waals surface area contributed by atoms with Gasteiger partial charge in [0, 0.05) is 18.3 Å². The van der Waals surface area contributed by atoms with Gasteiger partial charge in [0.2, 0.25) is 0 Å². The summed E-state index contributed by atoms with van der Waals surface area (Å²) in [4.78, 5) is 13.9. The van der Waals surface area contributed by atoms with Crippen molar-refractivity contribution in [1.29, 1.82) is 5.26 Å². The van der Waals surface area contributed by atoms with E-state index in [1.807, 2.05) is 37.3 Å². The monoisotopic (exact) mass is 250 g/mol. The van der Waals surface area contributed by atoms with Crippen LogP contribution in [0.1, 0.15) is 21.5 Å². The first-order chi connectivity index (χ1) is 9.11. The number of hydrogen-bond acceptors (Lipinski definition) is 2. The molecule has 2 aromatic carbocycles. The van der Waals surface area contributed by atoms with E-state index in [1.54, 1.807) is 36.2 Å². The van der Waals surface area contributed by atoms with Crippen molar-refractivity contribution in [3.05, 3.63) is 65.2 Å². The zero-order chi connectivity index (χ0) is 13.8. The standard InChI is InChI=1S/C16H14N2O/c1-12-5-3-8-15(9-12)18(2)16(19)14-7-4-6-13(10-14)11-17/h3-10H,1-2H3. The maximum Gasteiger partial charge on any atom is 0.258 e. The summed E-state index contributed by atoms with van der Waals surface area (Å²) in [6.07, 6.45) is 0. The summed E-state index contributed by atoms with van der Waals surface area (Å²) in [5.74, 6) is -0.122. The first-order valence-electron chi connectivity index (χ1n) is 5.96. The molecule has 0 aliphatic heterocycles. The van der Waals surface area contributed by atoms with Crippen LogP contribution in [0.3, 0.4) is 0 Å². The van der Waals surface area contributed by atoms with E-state index in [-0.39, 0.29) is 5.91 Å². The smallest absolute Gasteiger partial charge is 0.258 e. The highest BCUT2D eigenvalue weighted by Gasteiger charge is 2.13. The molecule has 0 aliphatic rings. The minimum Gasteiger partial charge on any atom is -0.311 e. The Labute approximate surface area is 112 Å². The van der Waals surface area contributed by atoms with Crippen molar-refractivity contribution in [1.82, 2.24) is 0 Å². The molecule has 0 N–H and O–H groups in total. The summed E-state index contributed by atoms with van der Waals surface area (Å²) < 4.78 is 0. The molecule has 0 fully saturated rings. The lowest BCUT2D eigenvalue weighted by atomic mass is 10.1. The lowest BCUT2D eigenvalue weighted by Gasteiger charge is -2.18. The Morgan fingerprint density at radius 1 is 1.16 bits per heavy atom. The number of hydrogen-bond donors (Lipinski definition) is 0. The van der Waals surface area contributed by atoms with Gasteiger partial charge in [0.25, 0.3) is 5.91 Å². The molecule has 2 rings (SSSR count). The van der Waals surface area contributed by atoms with Gasteiger partial charge in [0.1, 0.15) is 0 Å². The highest BCUT2D eigenvalue weighted by atomic mass is 16.2. The molecule has 0 spiro atoms. The van der Waals surface area contributed by atoms with Crippen LogP contribution in [-0.2, 0) is 0 Å². The summed E-state index contributed by atoms with van der Waals surface area (Å²) in [6.45, 7) is 1.98. The molecule has 2 aromatic rings. The van der Waals surface area contributed by atoms with E-state index in [0.717, 1.165) is 11.3 Å². The number of amides is 1. The van der Waals surface area contributed by atoms with Gasteiger partial charge in [-0.15, -0.1) is 0 Å². The predicted octanol–water partition coefficient (Wildman–Crippen LogP) is 3.14. The fraction of sp³-hybridized carbons (Fsp3) is 0.125. The third kappa shape index (κ3) is 2.80. The lowest BCUT2D eigenvalue weighted by molar-refractivity contribution is 0.0993. The number of aryl methyl sites for hydroxylation is 1. The molecule has 94 valence electrons. The highest BCUT2D eigenvalue weighted by Crippen LogP contribution is 2.17. The van der Waals surface area contributed by atoms with E-state index in [2.05, 4.69) is 0 Å². The van der Waals surface area contributed by atoms with Gasteiger partial charge in [0.05, 0.1) is 11.6 Å². The topological polar surface area (TPSA) is 44.1 Å². The summed E-state index contributed by atoms with van der Waals surface area (Å²) in [5, 5.41) is 8.86. The van der Waals surface area contributed by atoms with Crippen LogP contribution in [-0.4, -0.2) is 13.0 Å². The Morgan fingerprint density at radius 2 is 1.89 bits per heavy atom.